The molecule has 1 N–H and O–H groups in total. The molecule has 3 nitrogen and oxygen atoms in total. The van der Waals surface area contributed by atoms with Crippen LogP contribution in [-0.4, -0.2) is 6.54 Å². The SMILES string of the molecule is Cc1cc(F)ccc1OCc1cc(CNCC(C)C)co1. The van der Waals surface area contributed by atoms with Crippen LogP contribution in [-0.2, 0) is 13.2 Å². The molecule has 2 aromatic rings. The van der Waals surface area contributed by atoms with E-state index in [-0.39, 0.29) is 5.82 Å². The molecule has 0 aliphatic rings. The smallest absolute Gasteiger partial charge is 0.146 e. The Hall–Kier alpha value is -1.81. The molecule has 0 atom stereocenters. The van der Waals surface area contributed by atoms with E-state index in [1.54, 1.807) is 12.3 Å². The van der Waals surface area contributed by atoms with Crippen molar-refractivity contribution in [3.8, 4) is 5.75 Å². The molecule has 21 heavy (non-hydrogen) atoms. The molecule has 1 heterocycles. The van der Waals surface area contributed by atoms with Crippen LogP contribution >= 0.6 is 0 Å². The molecule has 0 spiro atoms. The molecular formula is C17H22FNO2. The highest BCUT2D eigenvalue weighted by atomic mass is 19.1. The Morgan fingerprint density at radius 3 is 2.81 bits per heavy atom. The van der Waals surface area contributed by atoms with Gasteiger partial charge in [0.2, 0.25) is 0 Å². The van der Waals surface area contributed by atoms with Gasteiger partial charge in [-0.15, -0.1) is 0 Å². The van der Waals surface area contributed by atoms with Crippen molar-refractivity contribution in [2.24, 2.45) is 5.92 Å². The molecule has 0 fully saturated rings. The Morgan fingerprint density at radius 2 is 2.10 bits per heavy atom. The van der Waals surface area contributed by atoms with Crippen LogP contribution in [0.4, 0.5) is 4.39 Å². The van der Waals surface area contributed by atoms with Crippen molar-refractivity contribution in [1.29, 1.82) is 0 Å². The second-order valence-electron chi connectivity index (χ2n) is 5.64. The van der Waals surface area contributed by atoms with Crippen molar-refractivity contribution in [3.63, 3.8) is 0 Å². The summed E-state index contributed by atoms with van der Waals surface area (Å²) in [6.07, 6.45) is 1.74. The van der Waals surface area contributed by atoms with Crippen molar-refractivity contribution in [1.82, 2.24) is 5.32 Å². The van der Waals surface area contributed by atoms with Crippen molar-refractivity contribution in [2.75, 3.05) is 6.54 Å². The van der Waals surface area contributed by atoms with E-state index >= 15 is 0 Å². The summed E-state index contributed by atoms with van der Waals surface area (Å²) in [5.74, 6) is 1.81. The summed E-state index contributed by atoms with van der Waals surface area (Å²) in [4.78, 5) is 0. The fraction of sp³-hybridized carbons (Fsp3) is 0.412. The van der Waals surface area contributed by atoms with Gasteiger partial charge in [-0.05, 0) is 49.2 Å². The van der Waals surface area contributed by atoms with Crippen LogP contribution in [0.1, 0.15) is 30.7 Å². The highest BCUT2D eigenvalue weighted by Crippen LogP contribution is 2.20. The number of nitrogens with one attached hydrogen (secondary N) is 1. The number of furan rings is 1. The van der Waals surface area contributed by atoms with E-state index in [0.29, 0.717) is 18.3 Å². The molecule has 114 valence electrons. The van der Waals surface area contributed by atoms with Crippen molar-refractivity contribution < 1.29 is 13.5 Å². The number of hydrogen-bond acceptors (Lipinski definition) is 3. The molecule has 2 rings (SSSR count). The Morgan fingerprint density at radius 1 is 1.29 bits per heavy atom. The number of halogens is 1. The largest absolute Gasteiger partial charge is 0.485 e. The Bertz CT molecular complexity index is 578. The van der Waals surface area contributed by atoms with Gasteiger partial charge in [-0.3, -0.25) is 0 Å². The lowest BCUT2D eigenvalue weighted by Crippen LogP contribution is -2.18. The summed E-state index contributed by atoms with van der Waals surface area (Å²) in [5, 5.41) is 3.36. The average Bonchev–Trinajstić information content (AvgIpc) is 2.85. The second-order valence-corrected chi connectivity index (χ2v) is 5.64. The quantitative estimate of drug-likeness (QED) is 0.835. The summed E-state index contributed by atoms with van der Waals surface area (Å²) in [6, 6.07) is 6.47. The van der Waals surface area contributed by atoms with Gasteiger partial charge in [-0.2, -0.15) is 0 Å². The highest BCUT2D eigenvalue weighted by Gasteiger charge is 2.05. The summed E-state index contributed by atoms with van der Waals surface area (Å²) in [5.41, 5.74) is 1.88. The zero-order valence-corrected chi connectivity index (χ0v) is 12.8. The van der Waals surface area contributed by atoms with Crippen LogP contribution in [0.3, 0.4) is 0 Å². The Balaban J connectivity index is 1.85. The molecular weight excluding hydrogens is 269 g/mol. The highest BCUT2D eigenvalue weighted by molar-refractivity contribution is 5.32. The number of hydrogen-bond donors (Lipinski definition) is 1. The second kappa shape index (κ2) is 7.27. The van der Waals surface area contributed by atoms with E-state index in [9.17, 15) is 4.39 Å². The molecule has 1 aromatic carbocycles. The van der Waals surface area contributed by atoms with E-state index < -0.39 is 0 Å². The number of aryl methyl sites for hydroxylation is 1. The summed E-state index contributed by atoms with van der Waals surface area (Å²) in [7, 11) is 0. The third-order valence-electron chi connectivity index (χ3n) is 3.10. The van der Waals surface area contributed by atoms with E-state index in [1.165, 1.54) is 12.1 Å². The summed E-state index contributed by atoms with van der Waals surface area (Å²) in [6.45, 7) is 8.28. The maximum absolute atomic E-state index is 13.0. The van der Waals surface area contributed by atoms with E-state index in [2.05, 4.69) is 19.2 Å². The minimum absolute atomic E-state index is 0.253. The maximum atomic E-state index is 13.0. The van der Waals surface area contributed by atoms with E-state index in [0.717, 1.165) is 30.0 Å². The minimum Gasteiger partial charge on any atom is -0.485 e. The van der Waals surface area contributed by atoms with Crippen LogP contribution in [0.2, 0.25) is 0 Å². The molecule has 0 saturated heterocycles. The van der Waals surface area contributed by atoms with Crippen LogP contribution in [0.25, 0.3) is 0 Å². The van der Waals surface area contributed by atoms with Gasteiger partial charge in [0.25, 0.3) is 0 Å². The summed E-state index contributed by atoms with van der Waals surface area (Å²) >= 11 is 0. The zero-order valence-electron chi connectivity index (χ0n) is 12.8. The standard InChI is InChI=1S/C17H22FNO2/c1-12(2)8-19-9-14-7-16(20-10-14)11-21-17-5-4-15(18)6-13(17)3/h4-7,10,12,19H,8-9,11H2,1-3H3. The number of benzene rings is 1. The first-order valence-corrected chi connectivity index (χ1v) is 7.20. The first kappa shape index (κ1) is 15.6. The molecule has 4 heteroatoms. The van der Waals surface area contributed by atoms with E-state index in [1.807, 2.05) is 13.0 Å². The fourth-order valence-electron chi connectivity index (χ4n) is 2.02. The van der Waals surface area contributed by atoms with Crippen molar-refractivity contribution in [2.45, 2.75) is 33.9 Å². The lowest BCUT2D eigenvalue weighted by atomic mass is 10.2. The maximum Gasteiger partial charge on any atom is 0.146 e. The van der Waals surface area contributed by atoms with Gasteiger partial charge in [0.05, 0.1) is 6.26 Å². The minimum atomic E-state index is -0.253. The van der Waals surface area contributed by atoms with Crippen LogP contribution in [0, 0.1) is 18.7 Å². The molecule has 0 bridgehead atoms. The molecule has 0 radical (unpaired) electrons. The van der Waals surface area contributed by atoms with Gasteiger partial charge in [0.15, 0.2) is 0 Å². The number of ether oxygens (including phenoxy) is 1. The third kappa shape index (κ3) is 4.90. The first-order valence-electron chi connectivity index (χ1n) is 7.20. The van der Waals surface area contributed by atoms with Crippen molar-refractivity contribution in [3.05, 3.63) is 53.2 Å². The van der Waals surface area contributed by atoms with Crippen LogP contribution in [0.5, 0.6) is 5.75 Å². The van der Waals surface area contributed by atoms with Crippen molar-refractivity contribution >= 4 is 0 Å². The molecule has 0 saturated carbocycles. The van der Waals surface area contributed by atoms with Crippen LogP contribution in [0.15, 0.2) is 34.9 Å². The van der Waals surface area contributed by atoms with Gasteiger partial charge in [0, 0.05) is 12.1 Å². The van der Waals surface area contributed by atoms with E-state index in [4.69, 9.17) is 9.15 Å². The zero-order chi connectivity index (χ0) is 15.2. The number of rotatable bonds is 7. The molecule has 0 aliphatic carbocycles. The lowest BCUT2D eigenvalue weighted by Gasteiger charge is -2.07. The summed E-state index contributed by atoms with van der Waals surface area (Å²) < 4.78 is 24.1. The monoisotopic (exact) mass is 291 g/mol. The average molecular weight is 291 g/mol. The first-order chi connectivity index (χ1) is 10.0. The third-order valence-corrected chi connectivity index (χ3v) is 3.10. The lowest BCUT2D eigenvalue weighted by molar-refractivity contribution is 0.268. The predicted octanol–water partition coefficient (Wildman–Crippen LogP) is 4.05. The Labute approximate surface area is 125 Å². The Kier molecular flexibility index (Phi) is 5.39. The molecule has 0 amide bonds. The van der Waals surface area contributed by atoms with Gasteiger partial charge in [-0.25, -0.2) is 4.39 Å². The fourth-order valence-corrected chi connectivity index (χ4v) is 2.02. The van der Waals surface area contributed by atoms with Gasteiger partial charge < -0.3 is 14.5 Å². The topological polar surface area (TPSA) is 34.4 Å². The molecule has 0 aliphatic heterocycles. The predicted molar refractivity (Wildman–Crippen MR) is 80.7 cm³/mol. The molecule has 0 unspecified atom stereocenters. The normalized spacial score (nSPS) is 11.1. The van der Waals surface area contributed by atoms with Gasteiger partial charge in [0.1, 0.15) is 23.9 Å². The van der Waals surface area contributed by atoms with Gasteiger partial charge in [-0.1, -0.05) is 13.8 Å². The van der Waals surface area contributed by atoms with Gasteiger partial charge >= 0.3 is 0 Å². The van der Waals surface area contributed by atoms with Crippen LogP contribution < -0.4 is 10.1 Å². The molecule has 1 aromatic heterocycles.